The van der Waals surface area contributed by atoms with E-state index >= 15 is 0 Å². The van der Waals surface area contributed by atoms with E-state index in [4.69, 9.17) is 4.42 Å². The molecule has 0 bridgehead atoms. The average Bonchev–Trinajstić information content (AvgIpc) is 4.20. The standard InChI is InChI=1S/C40H24O.C40H26/c1-2-12-27-24-28(21-20-25(27)10-1)37-30-14-5-7-16-32(30)38(33-17-8-6-15-31(33)37)34-18-9-19-36-39(34)35-23-22-26-11-3-4-13-29(26)40(35)41-36;1-2-13-29-25-32(24-23-27(29)11-1)40-37-20-7-5-18-35(37)39(36-19-6-8-21-38(36)40)31-16-9-15-30(26-31)34-22-10-14-28-12-3-4-17-33(28)34/h1-24H;1-26H. The number of rotatable bonds is 5. The van der Waals surface area contributed by atoms with E-state index in [1.807, 2.05) is 0 Å². The van der Waals surface area contributed by atoms with Gasteiger partial charge in [-0.15, -0.1) is 0 Å². The topological polar surface area (TPSA) is 13.1 Å². The van der Waals surface area contributed by atoms with Crippen LogP contribution in [0.15, 0.2) is 308 Å². The van der Waals surface area contributed by atoms with E-state index in [0.717, 1.165) is 21.9 Å². The maximum Gasteiger partial charge on any atom is 0.143 e. The summed E-state index contributed by atoms with van der Waals surface area (Å²) in [5.41, 5.74) is 14.4. The predicted molar refractivity (Wildman–Crippen MR) is 347 cm³/mol. The van der Waals surface area contributed by atoms with E-state index in [1.54, 1.807) is 0 Å². The van der Waals surface area contributed by atoms with Crippen molar-refractivity contribution in [3.05, 3.63) is 303 Å². The molecule has 81 heavy (non-hydrogen) atoms. The minimum absolute atomic E-state index is 0.917. The van der Waals surface area contributed by atoms with Crippen molar-refractivity contribution in [2.45, 2.75) is 0 Å². The molecule has 0 amide bonds. The second kappa shape index (κ2) is 19.1. The summed E-state index contributed by atoms with van der Waals surface area (Å²) in [5, 5.41) is 22.4. The molecule has 0 unspecified atom stereocenters. The molecule has 0 saturated carbocycles. The minimum atomic E-state index is 0.917. The van der Waals surface area contributed by atoms with Gasteiger partial charge in [0.05, 0.1) is 0 Å². The molecule has 0 radical (unpaired) electrons. The first kappa shape index (κ1) is 46.5. The van der Waals surface area contributed by atoms with Crippen molar-refractivity contribution in [3.8, 4) is 55.6 Å². The van der Waals surface area contributed by atoms with E-state index in [-0.39, 0.29) is 0 Å². The summed E-state index contributed by atoms with van der Waals surface area (Å²) in [5.74, 6) is 0. The molecule has 1 heteroatoms. The molecule has 0 saturated heterocycles. The SMILES string of the molecule is c1cc(-c2cccc3ccccc23)cc(-c2c3ccccc3c(-c3ccc4ccccc4c3)c3ccccc23)c1.c1ccc2cc(-c3c4ccccc4c(-c4cccc5oc6c7ccccc7ccc6c45)c4ccccc34)ccc2c1. The molecule has 16 aromatic carbocycles. The van der Waals surface area contributed by atoms with Crippen LogP contribution < -0.4 is 0 Å². The molecule has 0 spiro atoms. The molecular weight excluding hydrogens is 977 g/mol. The third-order valence-corrected chi connectivity index (χ3v) is 16.8. The van der Waals surface area contributed by atoms with Crippen LogP contribution in [0.25, 0.3) is 164 Å². The Morgan fingerprint density at radius 1 is 0.185 bits per heavy atom. The summed E-state index contributed by atoms with van der Waals surface area (Å²) >= 11 is 0. The van der Waals surface area contributed by atoms with E-state index in [9.17, 15) is 0 Å². The van der Waals surface area contributed by atoms with Gasteiger partial charge in [-0.3, -0.25) is 0 Å². The van der Waals surface area contributed by atoms with Crippen molar-refractivity contribution in [1.29, 1.82) is 0 Å². The number of hydrogen-bond acceptors (Lipinski definition) is 1. The molecule has 376 valence electrons. The van der Waals surface area contributed by atoms with Crippen LogP contribution in [-0.2, 0) is 0 Å². The van der Waals surface area contributed by atoms with Crippen LogP contribution in [-0.4, -0.2) is 0 Å². The summed E-state index contributed by atoms with van der Waals surface area (Å²) in [6, 6.07) is 110. The maximum absolute atomic E-state index is 6.59. The fraction of sp³-hybridized carbons (Fsp3) is 0. The van der Waals surface area contributed by atoms with Gasteiger partial charge in [0, 0.05) is 16.2 Å². The Morgan fingerprint density at radius 2 is 0.543 bits per heavy atom. The highest BCUT2D eigenvalue weighted by atomic mass is 16.3. The second-order valence-electron chi connectivity index (χ2n) is 21.4. The molecule has 17 aromatic rings. The summed E-state index contributed by atoms with van der Waals surface area (Å²) in [7, 11) is 0. The quantitative estimate of drug-likeness (QED) is 0.157. The molecule has 0 fully saturated rings. The van der Waals surface area contributed by atoms with Gasteiger partial charge in [-0.1, -0.05) is 273 Å². The summed E-state index contributed by atoms with van der Waals surface area (Å²) in [6.07, 6.45) is 0. The largest absolute Gasteiger partial charge is 0.455 e. The van der Waals surface area contributed by atoms with Crippen LogP contribution in [0.5, 0.6) is 0 Å². The first-order valence-electron chi connectivity index (χ1n) is 28.0. The normalized spacial score (nSPS) is 11.7. The van der Waals surface area contributed by atoms with Crippen molar-refractivity contribution in [2.75, 3.05) is 0 Å². The lowest BCUT2D eigenvalue weighted by Crippen LogP contribution is -1.91. The lowest BCUT2D eigenvalue weighted by atomic mass is 9.84. The molecule has 17 rings (SSSR count). The van der Waals surface area contributed by atoms with Crippen molar-refractivity contribution >= 4 is 108 Å². The Hall–Kier alpha value is -10.6. The van der Waals surface area contributed by atoms with Gasteiger partial charge < -0.3 is 4.42 Å². The van der Waals surface area contributed by atoms with Gasteiger partial charge in [0.2, 0.25) is 0 Å². The molecule has 0 aliphatic heterocycles. The molecule has 0 atom stereocenters. The lowest BCUT2D eigenvalue weighted by Gasteiger charge is -2.18. The fourth-order valence-electron chi connectivity index (χ4n) is 13.3. The zero-order chi connectivity index (χ0) is 53.4. The van der Waals surface area contributed by atoms with E-state index in [1.165, 1.54) is 142 Å². The highest BCUT2D eigenvalue weighted by molar-refractivity contribution is 6.27. The number of fused-ring (bicyclic) bond motifs is 12. The highest BCUT2D eigenvalue weighted by Crippen LogP contribution is 2.49. The Morgan fingerprint density at radius 3 is 1.07 bits per heavy atom. The van der Waals surface area contributed by atoms with Crippen LogP contribution >= 0.6 is 0 Å². The van der Waals surface area contributed by atoms with Crippen LogP contribution in [0.1, 0.15) is 0 Å². The van der Waals surface area contributed by atoms with Gasteiger partial charge in [0.25, 0.3) is 0 Å². The predicted octanol–water partition coefficient (Wildman–Crippen LogP) is 22.8. The van der Waals surface area contributed by atoms with E-state index < -0.39 is 0 Å². The first-order chi connectivity index (χ1) is 40.2. The number of hydrogen-bond donors (Lipinski definition) is 0. The van der Waals surface area contributed by atoms with Crippen molar-refractivity contribution in [1.82, 2.24) is 0 Å². The van der Waals surface area contributed by atoms with Crippen molar-refractivity contribution in [2.24, 2.45) is 0 Å². The van der Waals surface area contributed by atoms with E-state index in [0.29, 0.717) is 0 Å². The summed E-state index contributed by atoms with van der Waals surface area (Å²) in [4.78, 5) is 0. The molecule has 0 aliphatic carbocycles. The zero-order valence-corrected chi connectivity index (χ0v) is 44.3. The summed E-state index contributed by atoms with van der Waals surface area (Å²) < 4.78 is 6.59. The molecule has 1 aromatic heterocycles. The van der Waals surface area contributed by atoms with Crippen LogP contribution in [0, 0.1) is 0 Å². The Labute approximate surface area is 468 Å². The second-order valence-corrected chi connectivity index (χ2v) is 21.4. The Bertz CT molecular complexity index is 5250. The van der Waals surface area contributed by atoms with E-state index in [2.05, 4.69) is 303 Å². The molecule has 0 N–H and O–H groups in total. The smallest absolute Gasteiger partial charge is 0.143 e. The van der Waals surface area contributed by atoms with Crippen molar-refractivity contribution in [3.63, 3.8) is 0 Å². The van der Waals surface area contributed by atoms with Crippen LogP contribution in [0.2, 0.25) is 0 Å². The van der Waals surface area contributed by atoms with Crippen molar-refractivity contribution < 1.29 is 4.42 Å². The fourth-order valence-corrected chi connectivity index (χ4v) is 13.3. The van der Waals surface area contributed by atoms with Gasteiger partial charge in [-0.25, -0.2) is 0 Å². The van der Waals surface area contributed by atoms with Crippen LogP contribution in [0.4, 0.5) is 0 Å². The number of benzene rings is 16. The summed E-state index contributed by atoms with van der Waals surface area (Å²) in [6.45, 7) is 0. The van der Waals surface area contributed by atoms with Crippen LogP contribution in [0.3, 0.4) is 0 Å². The molecule has 0 aliphatic rings. The third-order valence-electron chi connectivity index (χ3n) is 16.8. The monoisotopic (exact) mass is 1030 g/mol. The zero-order valence-electron chi connectivity index (χ0n) is 44.3. The maximum atomic E-state index is 6.59. The van der Waals surface area contributed by atoms with Gasteiger partial charge in [-0.2, -0.15) is 0 Å². The molecule has 1 heterocycles. The van der Waals surface area contributed by atoms with Gasteiger partial charge in [0.1, 0.15) is 11.2 Å². The lowest BCUT2D eigenvalue weighted by molar-refractivity contribution is 0.673. The third kappa shape index (κ3) is 7.70. The highest BCUT2D eigenvalue weighted by Gasteiger charge is 2.22. The Balaban J connectivity index is 0.000000134. The van der Waals surface area contributed by atoms with Gasteiger partial charge in [0.15, 0.2) is 0 Å². The van der Waals surface area contributed by atoms with Gasteiger partial charge in [-0.05, 0) is 167 Å². The molecular formula is C80H50O. The number of furan rings is 1. The molecule has 1 nitrogen and oxygen atoms in total. The minimum Gasteiger partial charge on any atom is -0.455 e. The average molecular weight is 1030 g/mol. The van der Waals surface area contributed by atoms with Gasteiger partial charge >= 0.3 is 0 Å². The Kier molecular flexibility index (Phi) is 11.0. The first-order valence-corrected chi connectivity index (χ1v) is 28.0.